The van der Waals surface area contributed by atoms with Gasteiger partial charge in [0, 0.05) is 27.4 Å². The number of hydrogen-bond donors (Lipinski definition) is 0. The second-order valence-corrected chi connectivity index (χ2v) is 13.2. The van der Waals surface area contributed by atoms with Crippen LogP contribution in [-0.2, 0) is 5.41 Å². The van der Waals surface area contributed by atoms with Crippen LogP contribution in [0.5, 0.6) is 0 Å². The SMILES string of the molecule is CC1(C)c2ccccc2-c2c(-c3ccccc3N(C3=CCCC=C3)c3ccccc3-n3c4ccccc4c4ccccc43)cccc21. The zero-order valence-electron chi connectivity index (χ0n) is 26.8. The van der Waals surface area contributed by atoms with E-state index in [9.17, 15) is 0 Å². The van der Waals surface area contributed by atoms with Gasteiger partial charge >= 0.3 is 0 Å². The highest BCUT2D eigenvalue weighted by molar-refractivity contribution is 6.10. The third-order valence-corrected chi connectivity index (χ3v) is 10.2. The Hall–Kier alpha value is -5.60. The first kappa shape index (κ1) is 27.7. The lowest BCUT2D eigenvalue weighted by atomic mass is 9.82. The minimum Gasteiger partial charge on any atom is -0.308 e. The number of rotatable bonds is 5. The Morgan fingerprint density at radius 1 is 0.532 bits per heavy atom. The topological polar surface area (TPSA) is 8.17 Å². The molecule has 9 rings (SSSR count). The lowest BCUT2D eigenvalue weighted by Crippen LogP contribution is -2.19. The van der Waals surface area contributed by atoms with Crippen molar-refractivity contribution in [1.29, 1.82) is 0 Å². The number of aromatic nitrogens is 1. The van der Waals surface area contributed by atoms with Crippen molar-refractivity contribution in [3.63, 3.8) is 0 Å². The molecule has 7 aromatic rings. The normalized spacial score (nSPS) is 14.6. The van der Waals surface area contributed by atoms with E-state index >= 15 is 0 Å². The van der Waals surface area contributed by atoms with Gasteiger partial charge in [-0.05, 0) is 77.1 Å². The predicted octanol–water partition coefficient (Wildman–Crippen LogP) is 12.1. The molecule has 0 bridgehead atoms. The van der Waals surface area contributed by atoms with Crippen LogP contribution >= 0.6 is 0 Å². The molecule has 0 radical (unpaired) electrons. The van der Waals surface area contributed by atoms with E-state index in [1.807, 2.05) is 0 Å². The van der Waals surface area contributed by atoms with E-state index in [2.05, 4.69) is 181 Å². The van der Waals surface area contributed by atoms with E-state index in [0.717, 1.165) is 24.2 Å². The summed E-state index contributed by atoms with van der Waals surface area (Å²) in [5.41, 5.74) is 15.0. The quantitative estimate of drug-likeness (QED) is 0.190. The Kier molecular flexibility index (Phi) is 6.33. The highest BCUT2D eigenvalue weighted by Crippen LogP contribution is 2.53. The largest absolute Gasteiger partial charge is 0.308 e. The summed E-state index contributed by atoms with van der Waals surface area (Å²) in [4.78, 5) is 2.50. The zero-order chi connectivity index (χ0) is 31.5. The molecule has 0 unspecified atom stereocenters. The molecule has 47 heavy (non-hydrogen) atoms. The van der Waals surface area contributed by atoms with Crippen molar-refractivity contribution in [2.75, 3.05) is 4.90 Å². The van der Waals surface area contributed by atoms with Gasteiger partial charge in [-0.25, -0.2) is 0 Å². The minimum absolute atomic E-state index is 0.0612. The fourth-order valence-electron chi connectivity index (χ4n) is 8.07. The van der Waals surface area contributed by atoms with Gasteiger partial charge in [-0.3, -0.25) is 0 Å². The van der Waals surface area contributed by atoms with Crippen molar-refractivity contribution in [1.82, 2.24) is 4.57 Å². The molecule has 0 atom stereocenters. The molecule has 0 fully saturated rings. The Balaban J connectivity index is 1.33. The predicted molar refractivity (Wildman–Crippen MR) is 199 cm³/mol. The van der Waals surface area contributed by atoms with Gasteiger partial charge in [-0.1, -0.05) is 135 Å². The molecule has 226 valence electrons. The maximum absolute atomic E-state index is 2.50. The van der Waals surface area contributed by atoms with E-state index in [1.54, 1.807) is 0 Å². The summed E-state index contributed by atoms with van der Waals surface area (Å²) in [7, 11) is 0. The molecule has 1 aromatic heterocycles. The number of fused-ring (bicyclic) bond motifs is 6. The van der Waals surface area contributed by atoms with Gasteiger partial charge < -0.3 is 9.47 Å². The molecule has 0 saturated heterocycles. The molecule has 0 amide bonds. The average Bonchev–Trinajstić information content (AvgIpc) is 3.58. The molecule has 2 nitrogen and oxygen atoms in total. The third kappa shape index (κ3) is 4.18. The molecule has 2 aliphatic carbocycles. The molecule has 0 aliphatic heterocycles. The van der Waals surface area contributed by atoms with Crippen molar-refractivity contribution in [2.45, 2.75) is 32.1 Å². The fraction of sp³-hybridized carbons (Fsp3) is 0.111. The molecule has 0 saturated carbocycles. The standard InChI is InChI=1S/C45H36N2/c1-45(2)37-24-10-6-22-36(37)44-35(23-16-25-38(44)45)34-21-9-11-26-39(34)46(31-17-4-3-5-18-31)42-29-14-15-30-43(42)47-40-27-12-7-19-32(40)33-20-8-13-28-41(33)47/h4,6-30H,3,5H2,1-2H3. The van der Waals surface area contributed by atoms with Gasteiger partial charge in [-0.15, -0.1) is 0 Å². The number of nitrogens with zero attached hydrogens (tertiary/aromatic N) is 2. The van der Waals surface area contributed by atoms with Gasteiger partial charge in [0.05, 0.1) is 28.1 Å². The first-order valence-corrected chi connectivity index (χ1v) is 16.7. The number of para-hydroxylation sites is 5. The smallest absolute Gasteiger partial charge is 0.0702 e. The van der Waals surface area contributed by atoms with E-state index in [4.69, 9.17) is 0 Å². The summed E-state index contributed by atoms with van der Waals surface area (Å²) in [6.45, 7) is 4.72. The lowest BCUT2D eigenvalue weighted by Gasteiger charge is -2.32. The van der Waals surface area contributed by atoms with Crippen molar-refractivity contribution in [2.24, 2.45) is 0 Å². The number of hydrogen-bond acceptors (Lipinski definition) is 1. The summed E-state index contributed by atoms with van der Waals surface area (Å²) >= 11 is 0. The Morgan fingerprint density at radius 2 is 1.13 bits per heavy atom. The Labute approximate surface area is 276 Å². The number of allylic oxidation sites excluding steroid dienone is 3. The lowest BCUT2D eigenvalue weighted by molar-refractivity contribution is 0.660. The van der Waals surface area contributed by atoms with Crippen molar-refractivity contribution < 1.29 is 0 Å². The maximum Gasteiger partial charge on any atom is 0.0702 e. The molecule has 2 aliphatic rings. The summed E-state index contributed by atoms with van der Waals surface area (Å²) in [5.74, 6) is 0. The summed E-state index contributed by atoms with van der Waals surface area (Å²) in [6, 6.07) is 51.3. The summed E-state index contributed by atoms with van der Waals surface area (Å²) in [6.07, 6.45) is 9.09. The van der Waals surface area contributed by atoms with Gasteiger partial charge in [0.2, 0.25) is 0 Å². The molecule has 0 N–H and O–H groups in total. The number of anilines is 2. The van der Waals surface area contributed by atoms with E-state index in [-0.39, 0.29) is 5.41 Å². The van der Waals surface area contributed by atoms with Crippen molar-refractivity contribution >= 4 is 33.2 Å². The van der Waals surface area contributed by atoms with Gasteiger partial charge in [0.25, 0.3) is 0 Å². The zero-order valence-corrected chi connectivity index (χ0v) is 26.8. The first-order valence-electron chi connectivity index (χ1n) is 16.7. The summed E-state index contributed by atoms with van der Waals surface area (Å²) in [5, 5.41) is 2.53. The molecule has 2 heteroatoms. The van der Waals surface area contributed by atoms with Crippen molar-refractivity contribution in [3.8, 4) is 27.9 Å². The van der Waals surface area contributed by atoms with E-state index < -0.39 is 0 Å². The van der Waals surface area contributed by atoms with Crippen LogP contribution in [0.4, 0.5) is 11.4 Å². The van der Waals surface area contributed by atoms with Crippen LogP contribution < -0.4 is 4.90 Å². The van der Waals surface area contributed by atoms with Crippen LogP contribution in [0.15, 0.2) is 163 Å². The van der Waals surface area contributed by atoms with Crippen LogP contribution in [0.25, 0.3) is 49.7 Å². The third-order valence-electron chi connectivity index (χ3n) is 10.2. The van der Waals surface area contributed by atoms with Crippen LogP contribution in [-0.4, -0.2) is 4.57 Å². The van der Waals surface area contributed by atoms with Crippen LogP contribution in [0, 0.1) is 0 Å². The highest BCUT2D eigenvalue weighted by atomic mass is 15.2. The monoisotopic (exact) mass is 604 g/mol. The van der Waals surface area contributed by atoms with Crippen LogP contribution in [0.3, 0.4) is 0 Å². The first-order chi connectivity index (χ1) is 23.1. The molecular formula is C45H36N2. The van der Waals surface area contributed by atoms with Crippen LogP contribution in [0.2, 0.25) is 0 Å². The fourth-order valence-corrected chi connectivity index (χ4v) is 8.07. The Bertz CT molecular complexity index is 2350. The molecule has 1 heterocycles. The van der Waals surface area contributed by atoms with Gasteiger partial charge in [0.1, 0.15) is 0 Å². The van der Waals surface area contributed by atoms with Crippen molar-refractivity contribution in [3.05, 3.63) is 175 Å². The molecule has 0 spiro atoms. The van der Waals surface area contributed by atoms with Gasteiger partial charge in [-0.2, -0.15) is 0 Å². The summed E-state index contributed by atoms with van der Waals surface area (Å²) < 4.78 is 2.45. The second kappa shape index (κ2) is 10.7. The average molecular weight is 605 g/mol. The minimum atomic E-state index is -0.0612. The van der Waals surface area contributed by atoms with Crippen LogP contribution in [0.1, 0.15) is 37.8 Å². The van der Waals surface area contributed by atoms with Gasteiger partial charge in [0.15, 0.2) is 0 Å². The van der Waals surface area contributed by atoms with E-state index in [0.29, 0.717) is 0 Å². The second-order valence-electron chi connectivity index (χ2n) is 13.2. The highest BCUT2D eigenvalue weighted by Gasteiger charge is 2.37. The Morgan fingerprint density at radius 3 is 1.87 bits per heavy atom. The van der Waals surface area contributed by atoms with E-state index in [1.165, 1.54) is 66.6 Å². The number of benzene rings is 6. The molecular weight excluding hydrogens is 569 g/mol. The molecule has 6 aromatic carbocycles. The maximum atomic E-state index is 2.50.